The topological polar surface area (TPSA) is 84.4 Å². The van der Waals surface area contributed by atoms with Crippen molar-refractivity contribution in [1.29, 1.82) is 0 Å². The number of hydrogen-bond acceptors (Lipinski definition) is 6. The minimum absolute atomic E-state index is 0.0100. The fourth-order valence-corrected chi connectivity index (χ4v) is 10.5. The lowest BCUT2D eigenvalue weighted by Crippen LogP contribution is -2.59. The second-order valence-corrected chi connectivity index (χ2v) is 14.3. The highest BCUT2D eigenvalue weighted by molar-refractivity contribution is 8.02. The van der Waals surface area contributed by atoms with Gasteiger partial charge in [0.2, 0.25) is 11.8 Å². The molecule has 3 fully saturated rings. The van der Waals surface area contributed by atoms with Crippen LogP contribution < -0.4 is 9.80 Å². The lowest BCUT2D eigenvalue weighted by atomic mass is 9.65. The van der Waals surface area contributed by atoms with Crippen LogP contribution in [0.2, 0.25) is 0 Å². The molecule has 1 spiro atoms. The molecule has 3 saturated heterocycles. The van der Waals surface area contributed by atoms with E-state index in [4.69, 9.17) is 0 Å². The molecule has 2 bridgehead atoms. The number of carbonyl (C=O) groups is 3. The predicted octanol–water partition coefficient (Wildman–Crippen LogP) is 4.64. The molecule has 3 aliphatic heterocycles. The monoisotopic (exact) mass is 644 g/mol. The Bertz CT molecular complexity index is 1430. The maximum absolute atomic E-state index is 15.1. The molecule has 7 atom stereocenters. The average Bonchev–Trinajstić information content (AvgIpc) is 3.67. The molecule has 246 valence electrons. The maximum atomic E-state index is 15.1. The Kier molecular flexibility index (Phi) is 10.3. The van der Waals surface area contributed by atoms with E-state index in [0.717, 1.165) is 36.4 Å². The number of rotatable bonds is 14. The van der Waals surface area contributed by atoms with Gasteiger partial charge >= 0.3 is 0 Å². The first-order valence-electron chi connectivity index (χ1n) is 16.5. The van der Waals surface area contributed by atoms with Gasteiger partial charge in [0.15, 0.2) is 0 Å². The van der Waals surface area contributed by atoms with Gasteiger partial charge in [-0.1, -0.05) is 49.4 Å². The van der Waals surface area contributed by atoms with Gasteiger partial charge < -0.3 is 24.7 Å². The summed E-state index contributed by atoms with van der Waals surface area (Å²) < 4.78 is -0.807. The molecule has 1 N–H and O–H groups in total. The maximum Gasteiger partial charge on any atom is 0.251 e. The number of aliphatic hydroxyl groups is 1. The summed E-state index contributed by atoms with van der Waals surface area (Å²) in [6.45, 7) is 16.2. The molecule has 8 nitrogen and oxygen atoms in total. The Morgan fingerprint density at radius 2 is 1.65 bits per heavy atom. The average molecular weight is 645 g/mol. The van der Waals surface area contributed by atoms with Crippen molar-refractivity contribution in [3.05, 3.63) is 85.5 Å². The zero-order valence-electron chi connectivity index (χ0n) is 27.5. The zero-order chi connectivity index (χ0) is 33.2. The van der Waals surface area contributed by atoms with Crippen molar-refractivity contribution in [3.63, 3.8) is 0 Å². The van der Waals surface area contributed by atoms with E-state index >= 15 is 4.79 Å². The SMILES string of the molecule is C=CCN(C)C(=O)[C@@H]1[C@H]2C(=O)N([C@@H](CO)Cc3ccccc3)C(C(=O)N(CC=C)c3ccc(N(CC)CC)cc3)C23S[C@@H]1CC3C. The third-order valence-corrected chi connectivity index (χ3v) is 12.3. The van der Waals surface area contributed by atoms with Gasteiger partial charge in [-0.15, -0.1) is 24.9 Å². The van der Waals surface area contributed by atoms with E-state index in [1.165, 1.54) is 0 Å². The highest BCUT2D eigenvalue weighted by Gasteiger charge is 2.77. The molecule has 0 aliphatic carbocycles. The second-order valence-electron chi connectivity index (χ2n) is 12.8. The number of amides is 3. The van der Waals surface area contributed by atoms with E-state index in [-0.39, 0.29) is 42.0 Å². The number of likely N-dealkylation sites (N-methyl/N-ethyl adjacent to an activating group) is 1. The molecule has 0 saturated carbocycles. The van der Waals surface area contributed by atoms with Gasteiger partial charge in [-0.3, -0.25) is 14.4 Å². The molecule has 2 aromatic rings. The molecule has 3 amide bonds. The van der Waals surface area contributed by atoms with Crippen molar-refractivity contribution in [3.8, 4) is 0 Å². The Balaban J connectivity index is 1.61. The van der Waals surface area contributed by atoms with E-state index in [1.54, 1.807) is 45.7 Å². The van der Waals surface area contributed by atoms with Gasteiger partial charge in [-0.25, -0.2) is 0 Å². The van der Waals surface area contributed by atoms with Gasteiger partial charge in [0.1, 0.15) is 6.04 Å². The van der Waals surface area contributed by atoms with E-state index in [2.05, 4.69) is 38.8 Å². The van der Waals surface area contributed by atoms with Crippen molar-refractivity contribution in [2.24, 2.45) is 17.8 Å². The van der Waals surface area contributed by atoms with E-state index in [0.29, 0.717) is 13.0 Å². The first-order valence-corrected chi connectivity index (χ1v) is 17.3. The summed E-state index contributed by atoms with van der Waals surface area (Å²) >= 11 is 1.65. The van der Waals surface area contributed by atoms with Crippen LogP contribution in [0.5, 0.6) is 0 Å². The number of fused-ring (bicyclic) bond motifs is 1. The van der Waals surface area contributed by atoms with Gasteiger partial charge in [0.05, 0.1) is 29.2 Å². The molecule has 3 unspecified atom stereocenters. The number of hydrogen-bond donors (Lipinski definition) is 1. The Morgan fingerprint density at radius 3 is 2.24 bits per heavy atom. The van der Waals surface area contributed by atoms with Gasteiger partial charge in [0.25, 0.3) is 5.91 Å². The van der Waals surface area contributed by atoms with Crippen molar-refractivity contribution in [2.45, 2.75) is 55.7 Å². The molecule has 9 heteroatoms. The highest BCUT2D eigenvalue weighted by atomic mass is 32.2. The summed E-state index contributed by atoms with van der Waals surface area (Å²) in [6, 6.07) is 16.2. The highest BCUT2D eigenvalue weighted by Crippen LogP contribution is 2.69. The van der Waals surface area contributed by atoms with Crippen LogP contribution in [0.15, 0.2) is 79.9 Å². The van der Waals surface area contributed by atoms with Crippen LogP contribution in [0.25, 0.3) is 0 Å². The third kappa shape index (κ3) is 5.66. The van der Waals surface area contributed by atoms with Crippen LogP contribution >= 0.6 is 11.8 Å². The number of nitrogens with zero attached hydrogens (tertiary/aromatic N) is 4. The van der Waals surface area contributed by atoms with Gasteiger partial charge in [-0.2, -0.15) is 0 Å². The zero-order valence-corrected chi connectivity index (χ0v) is 28.4. The fraction of sp³-hybridized carbons (Fsp3) is 0.486. The van der Waals surface area contributed by atoms with Crippen LogP contribution in [0.3, 0.4) is 0 Å². The molecule has 0 radical (unpaired) electrons. The van der Waals surface area contributed by atoms with Crippen molar-refractivity contribution in [1.82, 2.24) is 9.80 Å². The van der Waals surface area contributed by atoms with Gasteiger partial charge in [0, 0.05) is 49.9 Å². The van der Waals surface area contributed by atoms with E-state index < -0.39 is 28.7 Å². The Labute approximate surface area is 278 Å². The summed E-state index contributed by atoms with van der Waals surface area (Å²) in [5, 5.41) is 10.8. The number of benzene rings is 2. The standard InChI is InChI=1S/C37H48N4O4S/c1-7-20-38(6)34(43)31-30-22-25(5)37(46-30)32(31)35(44)41(29(24-42)23-26-14-12-11-13-15-26)33(37)36(45)40(21-8-2)28-18-16-27(17-19-28)39(9-3)10-4/h7-8,11-19,25,29-33,42H,1-2,9-10,20-24H2,3-6H3/t25?,29-,30-,31+,32+,33?,37?/m1/s1. The molecule has 46 heavy (non-hydrogen) atoms. The summed E-state index contributed by atoms with van der Waals surface area (Å²) in [5.41, 5.74) is 2.76. The molecule has 0 aromatic heterocycles. The van der Waals surface area contributed by atoms with Crippen LogP contribution in [-0.4, -0.2) is 94.5 Å². The summed E-state index contributed by atoms with van der Waals surface area (Å²) in [4.78, 5) is 51.2. The quantitative estimate of drug-likeness (QED) is 0.302. The van der Waals surface area contributed by atoms with Crippen LogP contribution in [0, 0.1) is 17.8 Å². The molecular weight excluding hydrogens is 596 g/mol. The summed E-state index contributed by atoms with van der Waals surface area (Å²) in [6.07, 6.45) is 4.53. The molecule has 3 aliphatic rings. The molecule has 3 heterocycles. The molecule has 5 rings (SSSR count). The summed E-state index contributed by atoms with van der Waals surface area (Å²) in [7, 11) is 1.75. The minimum Gasteiger partial charge on any atom is -0.394 e. The van der Waals surface area contributed by atoms with Crippen molar-refractivity contribution in [2.75, 3.05) is 49.6 Å². The Morgan fingerprint density at radius 1 is 1.02 bits per heavy atom. The fourth-order valence-electron chi connectivity index (χ4n) is 8.12. The molecular formula is C37H48N4O4S. The normalized spacial score (nSPS) is 26.8. The van der Waals surface area contributed by atoms with E-state index in [1.807, 2.05) is 54.6 Å². The lowest BCUT2D eigenvalue weighted by molar-refractivity contribution is -0.145. The minimum atomic E-state index is -0.860. The number of carbonyl (C=O) groups excluding carboxylic acids is 3. The van der Waals surface area contributed by atoms with Crippen LogP contribution in [-0.2, 0) is 20.8 Å². The van der Waals surface area contributed by atoms with Gasteiger partial charge in [-0.05, 0) is 62.4 Å². The van der Waals surface area contributed by atoms with Crippen LogP contribution in [0.1, 0.15) is 32.8 Å². The number of likely N-dealkylation sites (tertiary alicyclic amines) is 1. The van der Waals surface area contributed by atoms with Crippen molar-refractivity contribution >= 4 is 40.9 Å². The first kappa shape index (κ1) is 33.8. The smallest absolute Gasteiger partial charge is 0.251 e. The lowest BCUT2D eigenvalue weighted by Gasteiger charge is -2.42. The van der Waals surface area contributed by atoms with Crippen molar-refractivity contribution < 1.29 is 19.5 Å². The first-order chi connectivity index (χ1) is 22.2. The van der Waals surface area contributed by atoms with Crippen LogP contribution in [0.4, 0.5) is 11.4 Å². The number of anilines is 2. The third-order valence-electron chi connectivity index (χ3n) is 10.3. The predicted molar refractivity (Wildman–Crippen MR) is 187 cm³/mol. The number of thioether (sulfide) groups is 1. The molecule has 2 aromatic carbocycles. The number of aliphatic hydroxyl groups excluding tert-OH is 1. The largest absolute Gasteiger partial charge is 0.394 e. The second kappa shape index (κ2) is 14.1. The van der Waals surface area contributed by atoms with E-state index in [9.17, 15) is 14.7 Å². The summed E-state index contributed by atoms with van der Waals surface area (Å²) in [5.74, 6) is -1.70. The Hall–Kier alpha value is -3.56.